The molecule has 0 aliphatic heterocycles. The zero-order valence-electron chi connectivity index (χ0n) is 13.3. The fourth-order valence-corrected chi connectivity index (χ4v) is 4.27. The number of methoxy groups -OCH3 is 2. The van der Waals surface area contributed by atoms with Crippen molar-refractivity contribution in [1.82, 2.24) is 0 Å². The average molecular weight is 294 g/mol. The second-order valence-corrected chi connectivity index (χ2v) is 6.80. The van der Waals surface area contributed by atoms with Crippen LogP contribution >= 0.6 is 0 Å². The summed E-state index contributed by atoms with van der Waals surface area (Å²) in [6.45, 7) is 0. The number of benzene rings is 2. The van der Waals surface area contributed by atoms with Crippen molar-refractivity contribution >= 4 is 0 Å². The predicted molar refractivity (Wildman–Crippen MR) is 87.9 cm³/mol. The zero-order valence-corrected chi connectivity index (χ0v) is 13.3. The van der Waals surface area contributed by atoms with E-state index >= 15 is 0 Å². The van der Waals surface area contributed by atoms with Gasteiger partial charge in [0.2, 0.25) is 0 Å². The minimum absolute atomic E-state index is 0.397. The van der Waals surface area contributed by atoms with E-state index < -0.39 is 0 Å². The third-order valence-electron chi connectivity index (χ3n) is 5.45. The highest BCUT2D eigenvalue weighted by atomic mass is 16.5. The van der Waals surface area contributed by atoms with Gasteiger partial charge in [0.25, 0.3) is 0 Å². The molecule has 0 saturated carbocycles. The van der Waals surface area contributed by atoms with Gasteiger partial charge in [0.1, 0.15) is 11.5 Å². The minimum Gasteiger partial charge on any atom is -0.497 e. The van der Waals surface area contributed by atoms with Crippen LogP contribution in [0.1, 0.15) is 28.7 Å². The third-order valence-corrected chi connectivity index (χ3v) is 5.45. The number of ether oxygens (including phenoxy) is 2. The summed E-state index contributed by atoms with van der Waals surface area (Å²) in [6.07, 6.45) is 6.00. The first-order valence-corrected chi connectivity index (χ1v) is 8.03. The van der Waals surface area contributed by atoms with E-state index in [0.717, 1.165) is 17.9 Å². The van der Waals surface area contributed by atoms with Crippen LogP contribution in [0.3, 0.4) is 0 Å². The fraction of sp³-hybridized carbons (Fsp3) is 0.400. The Hall–Kier alpha value is -1.96. The molecule has 4 rings (SSSR count). The lowest BCUT2D eigenvalue weighted by molar-refractivity contribution is 0.261. The van der Waals surface area contributed by atoms with E-state index in [1.807, 2.05) is 0 Å². The molecule has 0 aromatic heterocycles. The molecule has 2 heteroatoms. The molecule has 0 N–H and O–H groups in total. The van der Waals surface area contributed by atoms with Crippen LogP contribution in [0.5, 0.6) is 11.5 Å². The monoisotopic (exact) mass is 294 g/mol. The van der Waals surface area contributed by atoms with Gasteiger partial charge < -0.3 is 9.47 Å². The van der Waals surface area contributed by atoms with Gasteiger partial charge in [0.15, 0.2) is 0 Å². The molecule has 0 heterocycles. The standard InChI is InChI=1S/C20H22O2/c1-21-18-5-3-14-7-8-20(12-16(14)9-18)11-15-4-6-19(22-2)10-17(15)13-20/h3-6,9-10H,7-8,11-13H2,1-2H3. The van der Waals surface area contributed by atoms with Crippen molar-refractivity contribution in [3.63, 3.8) is 0 Å². The van der Waals surface area contributed by atoms with E-state index in [0.29, 0.717) is 5.41 Å². The lowest BCUT2D eigenvalue weighted by Gasteiger charge is -2.35. The van der Waals surface area contributed by atoms with Crippen LogP contribution in [0.25, 0.3) is 0 Å². The summed E-state index contributed by atoms with van der Waals surface area (Å²) < 4.78 is 10.8. The molecular weight excluding hydrogens is 272 g/mol. The van der Waals surface area contributed by atoms with E-state index in [9.17, 15) is 0 Å². The van der Waals surface area contributed by atoms with Gasteiger partial charge in [0.05, 0.1) is 14.2 Å². The van der Waals surface area contributed by atoms with Crippen molar-refractivity contribution in [2.75, 3.05) is 14.2 Å². The largest absolute Gasteiger partial charge is 0.497 e. The number of rotatable bonds is 2. The second-order valence-electron chi connectivity index (χ2n) is 6.80. The normalized spacial score (nSPS) is 22.3. The van der Waals surface area contributed by atoms with Gasteiger partial charge in [0, 0.05) is 0 Å². The predicted octanol–water partition coefficient (Wildman–Crippen LogP) is 3.98. The Morgan fingerprint density at radius 1 is 0.727 bits per heavy atom. The fourth-order valence-electron chi connectivity index (χ4n) is 4.27. The Bertz CT molecular complexity index is 720. The number of hydrogen-bond donors (Lipinski definition) is 0. The van der Waals surface area contributed by atoms with Crippen molar-refractivity contribution in [1.29, 1.82) is 0 Å². The Morgan fingerprint density at radius 2 is 1.27 bits per heavy atom. The van der Waals surface area contributed by atoms with Gasteiger partial charge in [-0.25, -0.2) is 0 Å². The van der Waals surface area contributed by atoms with E-state index in [1.165, 1.54) is 47.9 Å². The zero-order chi connectivity index (χ0) is 15.2. The molecule has 2 aromatic rings. The lowest BCUT2D eigenvalue weighted by Crippen LogP contribution is -2.29. The molecule has 1 atom stereocenters. The minimum atomic E-state index is 0.397. The van der Waals surface area contributed by atoms with Gasteiger partial charge in [-0.05, 0) is 84.0 Å². The molecule has 114 valence electrons. The van der Waals surface area contributed by atoms with Crippen LogP contribution < -0.4 is 9.47 Å². The smallest absolute Gasteiger partial charge is 0.119 e. The summed E-state index contributed by atoms with van der Waals surface area (Å²) in [6, 6.07) is 13.1. The molecule has 2 aromatic carbocycles. The van der Waals surface area contributed by atoms with E-state index in [4.69, 9.17) is 9.47 Å². The lowest BCUT2D eigenvalue weighted by atomic mass is 9.70. The van der Waals surface area contributed by atoms with Gasteiger partial charge in [-0.1, -0.05) is 12.1 Å². The first kappa shape index (κ1) is 13.7. The summed E-state index contributed by atoms with van der Waals surface area (Å²) in [5.74, 6) is 1.96. The molecule has 2 aliphatic carbocycles. The molecule has 0 bridgehead atoms. The van der Waals surface area contributed by atoms with Crippen LogP contribution in [0, 0.1) is 5.41 Å². The summed E-state index contributed by atoms with van der Waals surface area (Å²) in [4.78, 5) is 0. The summed E-state index contributed by atoms with van der Waals surface area (Å²) in [7, 11) is 3.49. The SMILES string of the molecule is COc1ccc2c(c1)CC1(CC2)Cc2ccc(OC)cc2C1. The topological polar surface area (TPSA) is 18.5 Å². The maximum absolute atomic E-state index is 5.41. The Kier molecular flexibility index (Phi) is 3.14. The maximum atomic E-state index is 5.41. The van der Waals surface area contributed by atoms with Gasteiger partial charge in [-0.3, -0.25) is 0 Å². The van der Waals surface area contributed by atoms with Crippen molar-refractivity contribution in [2.24, 2.45) is 5.41 Å². The van der Waals surface area contributed by atoms with E-state index in [-0.39, 0.29) is 0 Å². The number of aryl methyl sites for hydroxylation is 1. The molecule has 0 radical (unpaired) electrons. The van der Waals surface area contributed by atoms with Gasteiger partial charge >= 0.3 is 0 Å². The van der Waals surface area contributed by atoms with Gasteiger partial charge in [-0.2, -0.15) is 0 Å². The van der Waals surface area contributed by atoms with Crippen molar-refractivity contribution in [3.05, 3.63) is 58.7 Å². The molecule has 2 nitrogen and oxygen atoms in total. The molecule has 2 aliphatic rings. The van der Waals surface area contributed by atoms with Crippen LogP contribution in [-0.2, 0) is 25.7 Å². The molecular formula is C20H22O2. The molecule has 22 heavy (non-hydrogen) atoms. The Labute approximate surface area is 132 Å². The Balaban J connectivity index is 1.64. The highest BCUT2D eigenvalue weighted by Crippen LogP contribution is 2.47. The average Bonchev–Trinajstić information content (AvgIpc) is 2.90. The maximum Gasteiger partial charge on any atom is 0.119 e. The molecule has 0 amide bonds. The summed E-state index contributed by atoms with van der Waals surface area (Å²) >= 11 is 0. The van der Waals surface area contributed by atoms with Crippen LogP contribution in [0.4, 0.5) is 0 Å². The third kappa shape index (κ3) is 2.18. The second kappa shape index (κ2) is 5.05. The molecule has 0 fully saturated rings. The van der Waals surface area contributed by atoms with Crippen molar-refractivity contribution in [2.45, 2.75) is 32.1 Å². The van der Waals surface area contributed by atoms with Crippen LogP contribution in [0.15, 0.2) is 36.4 Å². The van der Waals surface area contributed by atoms with Crippen molar-refractivity contribution < 1.29 is 9.47 Å². The number of fused-ring (bicyclic) bond motifs is 2. The van der Waals surface area contributed by atoms with E-state index in [1.54, 1.807) is 14.2 Å². The highest BCUT2D eigenvalue weighted by molar-refractivity contribution is 5.44. The molecule has 0 saturated heterocycles. The summed E-state index contributed by atoms with van der Waals surface area (Å²) in [5, 5.41) is 0. The van der Waals surface area contributed by atoms with Crippen LogP contribution in [-0.4, -0.2) is 14.2 Å². The van der Waals surface area contributed by atoms with Crippen LogP contribution in [0.2, 0.25) is 0 Å². The quantitative estimate of drug-likeness (QED) is 0.834. The number of hydrogen-bond acceptors (Lipinski definition) is 2. The van der Waals surface area contributed by atoms with E-state index in [2.05, 4.69) is 36.4 Å². The molecule has 1 unspecified atom stereocenters. The van der Waals surface area contributed by atoms with Gasteiger partial charge in [-0.15, -0.1) is 0 Å². The first-order chi connectivity index (χ1) is 10.7. The Morgan fingerprint density at radius 3 is 1.91 bits per heavy atom. The highest BCUT2D eigenvalue weighted by Gasteiger charge is 2.39. The van der Waals surface area contributed by atoms with Crippen molar-refractivity contribution in [3.8, 4) is 11.5 Å². The first-order valence-electron chi connectivity index (χ1n) is 8.03. The molecule has 1 spiro atoms. The summed E-state index contributed by atoms with van der Waals surface area (Å²) in [5.41, 5.74) is 6.36.